The number of amides is 1. The number of nitrogens with zero attached hydrogens (tertiary/aromatic N) is 2. The number of furan rings is 1. The zero-order valence-electron chi connectivity index (χ0n) is 18.9. The molecule has 2 heterocycles. The second-order valence-electron chi connectivity index (χ2n) is 9.06. The first-order valence-electron chi connectivity index (χ1n) is 11.5. The molecule has 32 heavy (non-hydrogen) atoms. The summed E-state index contributed by atoms with van der Waals surface area (Å²) in [5.41, 5.74) is 2.44. The number of benzene rings is 1. The molecule has 1 unspecified atom stereocenters. The maximum absolute atomic E-state index is 13.2. The summed E-state index contributed by atoms with van der Waals surface area (Å²) < 4.78 is 33.4. The smallest absolute Gasteiger partial charge is 0.243 e. The molecule has 2 aliphatic rings. The van der Waals surface area contributed by atoms with Gasteiger partial charge in [-0.05, 0) is 88.0 Å². The Morgan fingerprint density at radius 2 is 1.88 bits per heavy atom. The largest absolute Gasteiger partial charge is 0.468 e. The maximum Gasteiger partial charge on any atom is 0.243 e. The summed E-state index contributed by atoms with van der Waals surface area (Å²) >= 11 is 0. The van der Waals surface area contributed by atoms with E-state index in [2.05, 4.69) is 5.32 Å². The maximum atomic E-state index is 13.2. The van der Waals surface area contributed by atoms with Gasteiger partial charge < -0.3 is 9.73 Å². The number of rotatable bonds is 7. The van der Waals surface area contributed by atoms with E-state index in [0.29, 0.717) is 37.4 Å². The zero-order chi connectivity index (χ0) is 22.7. The molecule has 174 valence electrons. The summed E-state index contributed by atoms with van der Waals surface area (Å²) in [6, 6.07) is 9.28. The van der Waals surface area contributed by atoms with E-state index in [-0.39, 0.29) is 17.9 Å². The lowest BCUT2D eigenvalue weighted by molar-refractivity contribution is -0.126. The monoisotopic (exact) mass is 459 g/mol. The van der Waals surface area contributed by atoms with Crippen LogP contribution in [0, 0.1) is 5.92 Å². The van der Waals surface area contributed by atoms with Gasteiger partial charge in [0.2, 0.25) is 15.9 Å². The number of aryl methyl sites for hydroxylation is 2. The van der Waals surface area contributed by atoms with Crippen molar-refractivity contribution in [3.8, 4) is 0 Å². The highest BCUT2D eigenvalue weighted by Gasteiger charge is 2.33. The molecule has 0 bridgehead atoms. The van der Waals surface area contributed by atoms with Crippen molar-refractivity contribution in [3.63, 3.8) is 0 Å². The molecule has 1 atom stereocenters. The number of nitrogens with one attached hydrogen (secondary N) is 1. The summed E-state index contributed by atoms with van der Waals surface area (Å²) in [6.45, 7) is 1.19. The summed E-state index contributed by atoms with van der Waals surface area (Å²) in [5, 5.41) is 3.03. The predicted octanol–water partition coefficient (Wildman–Crippen LogP) is 2.98. The van der Waals surface area contributed by atoms with Crippen LogP contribution in [0.15, 0.2) is 45.9 Å². The van der Waals surface area contributed by atoms with E-state index in [9.17, 15) is 13.2 Å². The van der Waals surface area contributed by atoms with Gasteiger partial charge in [0.1, 0.15) is 5.76 Å². The summed E-state index contributed by atoms with van der Waals surface area (Å²) in [6.07, 6.45) is 6.97. The minimum absolute atomic E-state index is 0.0192. The van der Waals surface area contributed by atoms with Gasteiger partial charge in [0.15, 0.2) is 0 Å². The molecule has 1 aliphatic carbocycles. The van der Waals surface area contributed by atoms with E-state index in [1.165, 1.54) is 21.9 Å². The molecule has 8 heteroatoms. The molecule has 1 saturated heterocycles. The first-order valence-corrected chi connectivity index (χ1v) is 12.9. The number of carbonyl (C=O) groups excluding carboxylic acids is 1. The van der Waals surface area contributed by atoms with Crippen LogP contribution in [0.2, 0.25) is 0 Å². The predicted molar refractivity (Wildman–Crippen MR) is 123 cm³/mol. The first-order chi connectivity index (χ1) is 15.4. The fourth-order valence-electron chi connectivity index (χ4n) is 4.74. The van der Waals surface area contributed by atoms with Crippen molar-refractivity contribution in [2.45, 2.75) is 49.5 Å². The molecule has 1 fully saturated rings. The minimum Gasteiger partial charge on any atom is -0.468 e. The minimum atomic E-state index is -3.53. The van der Waals surface area contributed by atoms with Crippen molar-refractivity contribution in [1.82, 2.24) is 14.5 Å². The van der Waals surface area contributed by atoms with Gasteiger partial charge in [0.05, 0.1) is 17.2 Å². The van der Waals surface area contributed by atoms with Crippen molar-refractivity contribution in [1.29, 1.82) is 0 Å². The van der Waals surface area contributed by atoms with Crippen molar-refractivity contribution in [2.75, 3.05) is 33.7 Å². The molecular weight excluding hydrogens is 426 g/mol. The van der Waals surface area contributed by atoms with Gasteiger partial charge in [-0.3, -0.25) is 9.69 Å². The highest BCUT2D eigenvalue weighted by Crippen LogP contribution is 2.28. The van der Waals surface area contributed by atoms with Crippen molar-refractivity contribution in [2.24, 2.45) is 5.92 Å². The first kappa shape index (κ1) is 23.0. The molecular formula is C24H33N3O4S. The van der Waals surface area contributed by atoms with Gasteiger partial charge in [0, 0.05) is 25.6 Å². The number of piperidine rings is 1. The standard InChI is InChI=1S/C24H33N3O4S/c1-26(2)22(23-8-5-15-31-23)17-25-24(28)19-11-13-27(14-12-19)32(29,30)21-10-9-18-6-3-4-7-20(18)16-21/h5,8-10,15-16,19,22H,3-4,6-7,11-14,17H2,1-2H3,(H,25,28). The third kappa shape index (κ3) is 4.92. The average Bonchev–Trinajstić information content (AvgIpc) is 3.33. The van der Waals surface area contributed by atoms with E-state index < -0.39 is 10.0 Å². The molecule has 2 aromatic rings. The molecule has 0 radical (unpaired) electrons. The lowest BCUT2D eigenvalue weighted by Crippen LogP contribution is -2.44. The number of fused-ring (bicyclic) bond motifs is 1. The number of carbonyl (C=O) groups is 1. The van der Waals surface area contributed by atoms with Crippen LogP contribution in [-0.4, -0.2) is 57.3 Å². The van der Waals surface area contributed by atoms with Crippen LogP contribution in [-0.2, 0) is 27.7 Å². The SMILES string of the molecule is CN(C)C(CNC(=O)C1CCN(S(=O)(=O)c2ccc3c(c2)CCCC3)CC1)c1ccco1. The third-order valence-corrected chi connectivity index (χ3v) is 8.64. The summed E-state index contributed by atoms with van der Waals surface area (Å²) in [7, 11) is 0.367. The van der Waals surface area contributed by atoms with Gasteiger partial charge in [0.25, 0.3) is 0 Å². The fourth-order valence-corrected chi connectivity index (χ4v) is 6.26. The topological polar surface area (TPSA) is 82.9 Å². The second-order valence-corrected chi connectivity index (χ2v) is 11.0. The Labute approximate surface area is 190 Å². The second kappa shape index (κ2) is 9.77. The number of likely N-dealkylation sites (N-methyl/N-ethyl adjacent to an activating group) is 1. The van der Waals surface area contributed by atoms with Crippen LogP contribution in [0.3, 0.4) is 0 Å². The Morgan fingerprint density at radius 3 is 2.53 bits per heavy atom. The Morgan fingerprint density at radius 1 is 1.16 bits per heavy atom. The van der Waals surface area contributed by atoms with E-state index in [1.54, 1.807) is 12.3 Å². The molecule has 1 aliphatic heterocycles. The van der Waals surface area contributed by atoms with Gasteiger partial charge in [-0.25, -0.2) is 8.42 Å². The number of hydrogen-bond acceptors (Lipinski definition) is 5. The van der Waals surface area contributed by atoms with E-state index in [1.807, 2.05) is 43.3 Å². The highest BCUT2D eigenvalue weighted by molar-refractivity contribution is 7.89. The van der Waals surface area contributed by atoms with E-state index >= 15 is 0 Å². The zero-order valence-corrected chi connectivity index (χ0v) is 19.7. The normalized spacial score (nSPS) is 19.0. The van der Waals surface area contributed by atoms with Gasteiger partial charge in [-0.2, -0.15) is 4.31 Å². The number of sulfonamides is 1. The van der Waals surface area contributed by atoms with Crippen LogP contribution in [0.25, 0.3) is 0 Å². The van der Waals surface area contributed by atoms with Crippen LogP contribution in [0.5, 0.6) is 0 Å². The Kier molecular flexibility index (Phi) is 7.02. The third-order valence-electron chi connectivity index (χ3n) is 6.75. The Balaban J connectivity index is 1.33. The van der Waals surface area contributed by atoms with Crippen molar-refractivity contribution < 1.29 is 17.6 Å². The van der Waals surface area contributed by atoms with Crippen LogP contribution < -0.4 is 5.32 Å². The molecule has 1 aromatic heterocycles. The van der Waals surface area contributed by atoms with Gasteiger partial charge >= 0.3 is 0 Å². The van der Waals surface area contributed by atoms with Crippen LogP contribution in [0.4, 0.5) is 0 Å². The molecule has 1 N–H and O–H groups in total. The quantitative estimate of drug-likeness (QED) is 0.688. The molecule has 4 rings (SSSR count). The lowest BCUT2D eigenvalue weighted by Gasteiger charge is -2.31. The molecule has 1 aromatic carbocycles. The van der Waals surface area contributed by atoms with Crippen molar-refractivity contribution in [3.05, 3.63) is 53.5 Å². The molecule has 0 saturated carbocycles. The van der Waals surface area contributed by atoms with Crippen LogP contribution in [0.1, 0.15) is 48.6 Å². The molecule has 7 nitrogen and oxygen atoms in total. The Bertz CT molecular complexity index is 1030. The van der Waals surface area contributed by atoms with E-state index in [0.717, 1.165) is 25.0 Å². The fraction of sp³-hybridized carbons (Fsp3) is 0.542. The number of hydrogen-bond donors (Lipinski definition) is 1. The van der Waals surface area contributed by atoms with Gasteiger partial charge in [-0.15, -0.1) is 0 Å². The molecule has 0 spiro atoms. The highest BCUT2D eigenvalue weighted by atomic mass is 32.2. The Hall–Kier alpha value is -2.16. The van der Waals surface area contributed by atoms with E-state index in [4.69, 9.17) is 4.42 Å². The van der Waals surface area contributed by atoms with Crippen LogP contribution >= 0.6 is 0 Å². The molecule has 1 amide bonds. The lowest BCUT2D eigenvalue weighted by atomic mass is 9.92. The summed E-state index contributed by atoms with van der Waals surface area (Å²) in [5.74, 6) is 0.611. The van der Waals surface area contributed by atoms with Gasteiger partial charge in [-0.1, -0.05) is 6.07 Å². The van der Waals surface area contributed by atoms with Crippen molar-refractivity contribution >= 4 is 15.9 Å². The average molecular weight is 460 g/mol. The summed E-state index contributed by atoms with van der Waals surface area (Å²) in [4.78, 5) is 15.1.